The normalized spacial score (nSPS) is 19.5. The fourth-order valence-corrected chi connectivity index (χ4v) is 1.70. The fourth-order valence-electron chi connectivity index (χ4n) is 1.70. The Balaban J connectivity index is 2.33. The number of amides is 1. The first kappa shape index (κ1) is 9.06. The van der Waals surface area contributed by atoms with E-state index in [2.05, 4.69) is 12.2 Å². The van der Waals surface area contributed by atoms with Gasteiger partial charge in [0.2, 0.25) is 0 Å². The maximum atomic E-state index is 11.2. The number of benzene rings is 1. The van der Waals surface area contributed by atoms with E-state index in [1.165, 1.54) is 0 Å². The molecule has 0 saturated carbocycles. The summed E-state index contributed by atoms with van der Waals surface area (Å²) in [5.41, 5.74) is 1.95. The number of hydrogen-bond acceptors (Lipinski definition) is 2. The Hall–Kier alpha value is -1.51. The summed E-state index contributed by atoms with van der Waals surface area (Å²) in [5, 5.41) is 2.69. The summed E-state index contributed by atoms with van der Waals surface area (Å²) in [6, 6.07) is 7.77. The number of fused-ring (bicyclic) bond motifs is 1. The number of nitrogens with one attached hydrogen (secondary N) is 1. The van der Waals surface area contributed by atoms with Gasteiger partial charge in [-0.1, -0.05) is 31.5 Å². The van der Waals surface area contributed by atoms with Crippen LogP contribution in [-0.4, -0.2) is 6.09 Å². The van der Waals surface area contributed by atoms with Crippen LogP contribution in [0.1, 0.15) is 31.4 Å². The van der Waals surface area contributed by atoms with Crippen molar-refractivity contribution >= 4 is 11.8 Å². The predicted octanol–water partition coefficient (Wildman–Crippen LogP) is 3.09. The molecule has 1 aromatic rings. The zero-order valence-electron chi connectivity index (χ0n) is 8.12. The van der Waals surface area contributed by atoms with Crippen LogP contribution in [0.4, 0.5) is 10.5 Å². The third-order valence-electron chi connectivity index (χ3n) is 2.34. The molecule has 1 atom stereocenters. The van der Waals surface area contributed by atoms with Gasteiger partial charge >= 0.3 is 6.09 Å². The van der Waals surface area contributed by atoms with Crippen LogP contribution in [0.5, 0.6) is 0 Å². The van der Waals surface area contributed by atoms with Crippen molar-refractivity contribution in [1.29, 1.82) is 0 Å². The summed E-state index contributed by atoms with van der Waals surface area (Å²) < 4.78 is 5.20. The Labute approximate surface area is 83.1 Å². The van der Waals surface area contributed by atoms with Crippen molar-refractivity contribution in [3.8, 4) is 0 Å². The van der Waals surface area contributed by atoms with Gasteiger partial charge in [-0.05, 0) is 12.5 Å². The number of rotatable bonds is 2. The van der Waals surface area contributed by atoms with Crippen LogP contribution in [-0.2, 0) is 4.74 Å². The van der Waals surface area contributed by atoms with E-state index in [4.69, 9.17) is 4.74 Å². The van der Waals surface area contributed by atoms with Crippen molar-refractivity contribution in [2.75, 3.05) is 5.32 Å². The fraction of sp³-hybridized carbons (Fsp3) is 0.364. The van der Waals surface area contributed by atoms with Gasteiger partial charge in [0.05, 0.1) is 5.69 Å². The maximum Gasteiger partial charge on any atom is 0.412 e. The Kier molecular flexibility index (Phi) is 2.39. The standard InChI is InChI=1S/C11H13NO2/c1-2-5-10-8-6-3-4-7-9(8)12-11(13)14-10/h3-4,6-7,10H,2,5H2,1H3,(H,12,13). The number of anilines is 1. The molecule has 1 aromatic carbocycles. The summed E-state index contributed by atoms with van der Waals surface area (Å²) in [4.78, 5) is 11.2. The van der Waals surface area contributed by atoms with Crippen molar-refractivity contribution in [1.82, 2.24) is 0 Å². The average molecular weight is 191 g/mol. The predicted molar refractivity (Wildman–Crippen MR) is 54.2 cm³/mol. The maximum absolute atomic E-state index is 11.2. The lowest BCUT2D eigenvalue weighted by molar-refractivity contribution is 0.100. The van der Waals surface area contributed by atoms with E-state index in [0.29, 0.717) is 0 Å². The number of cyclic esters (lactones) is 1. The lowest BCUT2D eigenvalue weighted by Crippen LogP contribution is -2.24. The number of ether oxygens (including phenoxy) is 1. The van der Waals surface area contributed by atoms with Crippen LogP contribution in [0.25, 0.3) is 0 Å². The summed E-state index contributed by atoms with van der Waals surface area (Å²) in [7, 11) is 0. The van der Waals surface area contributed by atoms with Gasteiger partial charge in [-0.15, -0.1) is 0 Å². The summed E-state index contributed by atoms with van der Waals surface area (Å²) in [6.07, 6.45) is 1.46. The Bertz CT molecular complexity index is 349. The lowest BCUT2D eigenvalue weighted by Gasteiger charge is -2.25. The molecule has 1 aliphatic rings. The molecule has 1 N–H and O–H groups in total. The molecule has 1 aliphatic heterocycles. The van der Waals surface area contributed by atoms with Gasteiger partial charge in [0, 0.05) is 5.56 Å². The van der Waals surface area contributed by atoms with Gasteiger partial charge < -0.3 is 4.74 Å². The molecule has 0 radical (unpaired) electrons. The molecule has 0 aromatic heterocycles. The number of para-hydroxylation sites is 1. The van der Waals surface area contributed by atoms with Crippen LogP contribution in [0.15, 0.2) is 24.3 Å². The van der Waals surface area contributed by atoms with Crippen LogP contribution in [0.2, 0.25) is 0 Å². The molecule has 1 heterocycles. The molecular weight excluding hydrogens is 178 g/mol. The highest BCUT2D eigenvalue weighted by molar-refractivity contribution is 5.88. The molecule has 0 saturated heterocycles. The van der Waals surface area contributed by atoms with Gasteiger partial charge in [0.15, 0.2) is 0 Å². The molecule has 0 aliphatic carbocycles. The molecule has 1 amide bonds. The highest BCUT2D eigenvalue weighted by Crippen LogP contribution is 2.32. The molecule has 3 nitrogen and oxygen atoms in total. The van der Waals surface area contributed by atoms with Crippen LogP contribution < -0.4 is 5.32 Å². The number of carbonyl (C=O) groups excluding carboxylic acids is 1. The third kappa shape index (κ3) is 1.58. The van der Waals surface area contributed by atoms with E-state index in [1.807, 2.05) is 24.3 Å². The molecule has 74 valence electrons. The van der Waals surface area contributed by atoms with Crippen molar-refractivity contribution in [3.05, 3.63) is 29.8 Å². The zero-order chi connectivity index (χ0) is 9.97. The molecule has 14 heavy (non-hydrogen) atoms. The molecule has 1 unspecified atom stereocenters. The molecule has 2 rings (SSSR count). The smallest absolute Gasteiger partial charge is 0.412 e. The van der Waals surface area contributed by atoms with E-state index in [0.717, 1.165) is 24.1 Å². The Morgan fingerprint density at radius 3 is 3.00 bits per heavy atom. The average Bonchev–Trinajstić information content (AvgIpc) is 2.18. The third-order valence-corrected chi connectivity index (χ3v) is 2.34. The largest absolute Gasteiger partial charge is 0.441 e. The summed E-state index contributed by atoms with van der Waals surface area (Å²) >= 11 is 0. The highest BCUT2D eigenvalue weighted by atomic mass is 16.6. The van der Waals surface area contributed by atoms with Crippen molar-refractivity contribution < 1.29 is 9.53 Å². The summed E-state index contributed by atoms with van der Waals surface area (Å²) in [5.74, 6) is 0. The van der Waals surface area contributed by atoms with Gasteiger partial charge in [0.1, 0.15) is 6.10 Å². The highest BCUT2D eigenvalue weighted by Gasteiger charge is 2.24. The first-order chi connectivity index (χ1) is 6.81. The Morgan fingerprint density at radius 2 is 2.21 bits per heavy atom. The molecule has 0 spiro atoms. The summed E-state index contributed by atoms with van der Waals surface area (Å²) in [6.45, 7) is 2.08. The second kappa shape index (κ2) is 3.70. The van der Waals surface area contributed by atoms with Crippen LogP contribution in [0, 0.1) is 0 Å². The van der Waals surface area contributed by atoms with E-state index in [9.17, 15) is 4.79 Å². The van der Waals surface area contributed by atoms with Crippen LogP contribution >= 0.6 is 0 Å². The second-order valence-corrected chi connectivity index (χ2v) is 3.39. The lowest BCUT2D eigenvalue weighted by atomic mass is 10.0. The first-order valence-corrected chi connectivity index (χ1v) is 4.88. The van der Waals surface area contributed by atoms with Gasteiger partial charge in [-0.2, -0.15) is 0 Å². The molecule has 0 fully saturated rings. The van der Waals surface area contributed by atoms with Crippen molar-refractivity contribution in [2.24, 2.45) is 0 Å². The van der Waals surface area contributed by atoms with Gasteiger partial charge in [-0.3, -0.25) is 5.32 Å². The van der Waals surface area contributed by atoms with Crippen LogP contribution in [0.3, 0.4) is 0 Å². The number of hydrogen-bond donors (Lipinski definition) is 1. The van der Waals surface area contributed by atoms with Crippen molar-refractivity contribution in [2.45, 2.75) is 25.9 Å². The van der Waals surface area contributed by atoms with Crippen molar-refractivity contribution in [3.63, 3.8) is 0 Å². The molecule has 3 heteroatoms. The molecular formula is C11H13NO2. The van der Waals surface area contributed by atoms with E-state index >= 15 is 0 Å². The van der Waals surface area contributed by atoms with E-state index in [-0.39, 0.29) is 12.2 Å². The zero-order valence-corrected chi connectivity index (χ0v) is 8.12. The SMILES string of the molecule is CCCC1OC(=O)Nc2ccccc21. The van der Waals surface area contributed by atoms with Gasteiger partial charge in [0.25, 0.3) is 0 Å². The second-order valence-electron chi connectivity index (χ2n) is 3.39. The monoisotopic (exact) mass is 191 g/mol. The number of carbonyl (C=O) groups is 1. The van der Waals surface area contributed by atoms with E-state index < -0.39 is 0 Å². The quantitative estimate of drug-likeness (QED) is 0.780. The Morgan fingerprint density at radius 1 is 1.43 bits per heavy atom. The molecule has 0 bridgehead atoms. The minimum absolute atomic E-state index is 0.0788. The minimum Gasteiger partial charge on any atom is -0.441 e. The minimum atomic E-state index is -0.345. The van der Waals surface area contributed by atoms with E-state index in [1.54, 1.807) is 0 Å². The van der Waals surface area contributed by atoms with Gasteiger partial charge in [-0.25, -0.2) is 4.79 Å². The first-order valence-electron chi connectivity index (χ1n) is 4.88. The topological polar surface area (TPSA) is 38.3 Å².